The van der Waals surface area contributed by atoms with E-state index < -0.39 is 5.91 Å². The first-order valence-electron chi connectivity index (χ1n) is 11.5. The molecule has 9 heteroatoms. The van der Waals surface area contributed by atoms with Crippen LogP contribution in [-0.2, 0) is 11.3 Å². The molecular formula is C25H32N6O3. The second kappa shape index (κ2) is 9.72. The van der Waals surface area contributed by atoms with E-state index in [0.717, 1.165) is 40.9 Å². The molecule has 1 amide bonds. The molecule has 1 unspecified atom stereocenters. The Balaban J connectivity index is 1.47. The molecule has 0 spiro atoms. The van der Waals surface area contributed by atoms with Crippen molar-refractivity contribution < 1.29 is 14.6 Å². The molecule has 0 bridgehead atoms. The molecule has 2 aromatic heterocycles. The fourth-order valence-electron chi connectivity index (χ4n) is 4.65. The van der Waals surface area contributed by atoms with E-state index in [1.807, 2.05) is 38.1 Å². The van der Waals surface area contributed by atoms with Gasteiger partial charge in [-0.1, -0.05) is 12.1 Å². The molecule has 1 aromatic carbocycles. The molecule has 1 fully saturated rings. The van der Waals surface area contributed by atoms with Crippen LogP contribution in [0.3, 0.4) is 0 Å². The third kappa shape index (κ3) is 5.14. The number of nitrogens with one attached hydrogen (secondary N) is 3. The fraction of sp³-hybridized carbons (Fsp3) is 0.400. The third-order valence-corrected chi connectivity index (χ3v) is 6.19. The van der Waals surface area contributed by atoms with Crippen LogP contribution in [0.15, 0.2) is 30.5 Å². The molecule has 34 heavy (non-hydrogen) atoms. The Morgan fingerprint density at radius 2 is 1.88 bits per heavy atom. The Labute approximate surface area is 199 Å². The summed E-state index contributed by atoms with van der Waals surface area (Å²) in [6, 6.07) is 7.72. The minimum atomic E-state index is -0.605. The minimum Gasteiger partial charge on any atom is -0.507 e. The molecule has 0 aliphatic carbocycles. The summed E-state index contributed by atoms with van der Waals surface area (Å²) in [5.74, 6) is 0.799. The van der Waals surface area contributed by atoms with Crippen molar-refractivity contribution in [3.05, 3.63) is 58.4 Å². The van der Waals surface area contributed by atoms with Crippen LogP contribution in [0.4, 0.5) is 17.3 Å². The van der Waals surface area contributed by atoms with E-state index in [1.165, 1.54) is 0 Å². The van der Waals surface area contributed by atoms with E-state index in [9.17, 15) is 9.90 Å². The summed E-state index contributed by atoms with van der Waals surface area (Å²) in [7, 11) is 0. The van der Waals surface area contributed by atoms with Crippen molar-refractivity contribution in [1.82, 2.24) is 15.2 Å². The van der Waals surface area contributed by atoms with Gasteiger partial charge in [-0.2, -0.15) is 5.10 Å². The lowest BCUT2D eigenvalue weighted by Crippen LogP contribution is -2.28. The number of amides is 1. The number of nitrogens with zero attached hydrogens (tertiary/aromatic N) is 2. The number of primary amides is 1. The van der Waals surface area contributed by atoms with Gasteiger partial charge in [-0.15, -0.1) is 0 Å². The summed E-state index contributed by atoms with van der Waals surface area (Å²) in [6.07, 6.45) is 4.09. The van der Waals surface area contributed by atoms with Crippen LogP contribution in [0, 0.1) is 13.8 Å². The highest BCUT2D eigenvalue weighted by atomic mass is 16.5. The first-order chi connectivity index (χ1) is 16.2. The minimum absolute atomic E-state index is 0.219. The lowest BCUT2D eigenvalue weighted by Gasteiger charge is -2.31. The number of hydrogen-bond acceptors (Lipinski definition) is 7. The average molecular weight is 465 g/mol. The van der Waals surface area contributed by atoms with Crippen LogP contribution in [0.2, 0.25) is 0 Å². The number of aromatic hydroxyl groups is 1. The normalized spacial score (nSPS) is 20.2. The number of aromatic amines is 1. The van der Waals surface area contributed by atoms with E-state index in [1.54, 1.807) is 6.20 Å². The maximum atomic E-state index is 12.2. The number of aryl methyl sites for hydroxylation is 2. The molecule has 9 nitrogen and oxygen atoms in total. The first-order valence-corrected chi connectivity index (χ1v) is 11.5. The molecule has 0 radical (unpaired) electrons. The number of anilines is 3. The smallest absolute Gasteiger partial charge is 0.256 e. The van der Waals surface area contributed by atoms with Crippen molar-refractivity contribution in [2.24, 2.45) is 5.73 Å². The number of pyridine rings is 1. The Kier molecular flexibility index (Phi) is 6.74. The third-order valence-electron chi connectivity index (χ3n) is 6.19. The number of aromatic nitrogens is 3. The highest BCUT2D eigenvalue weighted by molar-refractivity contribution is 6.03. The molecule has 1 aliphatic heterocycles. The van der Waals surface area contributed by atoms with Crippen molar-refractivity contribution in [3.63, 3.8) is 0 Å². The maximum Gasteiger partial charge on any atom is 0.256 e. The first kappa shape index (κ1) is 23.6. The number of carbonyl (C=O) groups excluding carboxylic acids is 1. The van der Waals surface area contributed by atoms with E-state index >= 15 is 0 Å². The molecule has 3 aromatic rings. The standard InChI is InChI=1S/C25H32N6O3/c1-13-7-17(8-14(2)22(13)32)11-28-24-21(23(26)33)25(31-30-24)29-19-5-6-20(27-12-19)18-9-15(3)34-16(4)10-18/h5-8,12,15-16,18,32H,9-11H2,1-4H3,(H2,26,33)(H3,28,29,30,31)/t15-,16+,18?. The number of ether oxygens (including phenoxy) is 1. The zero-order valence-corrected chi connectivity index (χ0v) is 20.0. The molecule has 1 aliphatic rings. The topological polar surface area (TPSA) is 138 Å². The molecule has 3 heterocycles. The maximum absolute atomic E-state index is 12.2. The molecule has 4 rings (SSSR count). The Morgan fingerprint density at radius 1 is 1.21 bits per heavy atom. The molecule has 1 saturated heterocycles. The monoisotopic (exact) mass is 464 g/mol. The number of carbonyl (C=O) groups is 1. The van der Waals surface area contributed by atoms with Gasteiger partial charge in [0.1, 0.15) is 17.1 Å². The SMILES string of the molecule is Cc1cc(CNc2n[nH]c(Nc3ccc(C4C[C@@H](C)O[C@@H](C)C4)nc3)c2C(N)=O)cc(C)c1O. The van der Waals surface area contributed by atoms with E-state index in [2.05, 4.69) is 39.7 Å². The molecule has 0 saturated carbocycles. The van der Waals surface area contributed by atoms with Crippen molar-refractivity contribution in [2.45, 2.75) is 65.2 Å². The summed E-state index contributed by atoms with van der Waals surface area (Å²) in [6.45, 7) is 8.31. The van der Waals surface area contributed by atoms with Gasteiger partial charge in [0, 0.05) is 18.2 Å². The average Bonchev–Trinajstić information content (AvgIpc) is 3.18. The van der Waals surface area contributed by atoms with Gasteiger partial charge in [-0.05, 0) is 69.4 Å². The quantitative estimate of drug-likeness (QED) is 0.352. The van der Waals surface area contributed by atoms with Gasteiger partial charge in [-0.3, -0.25) is 14.9 Å². The zero-order valence-electron chi connectivity index (χ0n) is 20.0. The van der Waals surface area contributed by atoms with Gasteiger partial charge in [0.05, 0.1) is 24.1 Å². The Bertz CT molecular complexity index is 1140. The van der Waals surface area contributed by atoms with E-state index in [-0.39, 0.29) is 23.5 Å². The number of hydrogen-bond donors (Lipinski definition) is 5. The Hall–Kier alpha value is -3.59. The van der Waals surface area contributed by atoms with E-state index in [4.69, 9.17) is 10.5 Å². The van der Waals surface area contributed by atoms with Crippen molar-refractivity contribution >= 4 is 23.2 Å². The number of phenolic OH excluding ortho intramolecular Hbond substituents is 1. The summed E-state index contributed by atoms with van der Waals surface area (Å²) in [5, 5.41) is 23.4. The predicted molar refractivity (Wildman–Crippen MR) is 132 cm³/mol. The van der Waals surface area contributed by atoms with Crippen LogP contribution in [0.1, 0.15) is 65.3 Å². The van der Waals surface area contributed by atoms with Gasteiger partial charge >= 0.3 is 0 Å². The second-order valence-corrected chi connectivity index (χ2v) is 9.14. The van der Waals surface area contributed by atoms with E-state index in [0.29, 0.717) is 24.1 Å². The fourth-order valence-corrected chi connectivity index (χ4v) is 4.65. The van der Waals surface area contributed by atoms with Crippen LogP contribution in [-0.4, -0.2) is 38.4 Å². The van der Waals surface area contributed by atoms with Gasteiger partial charge in [0.25, 0.3) is 5.91 Å². The van der Waals surface area contributed by atoms with Crippen molar-refractivity contribution in [3.8, 4) is 5.75 Å². The molecule has 3 atom stereocenters. The zero-order chi connectivity index (χ0) is 24.4. The number of benzene rings is 1. The van der Waals surface area contributed by atoms with Crippen LogP contribution < -0.4 is 16.4 Å². The van der Waals surface area contributed by atoms with Gasteiger partial charge < -0.3 is 26.2 Å². The number of phenols is 1. The van der Waals surface area contributed by atoms with Crippen LogP contribution >= 0.6 is 0 Å². The number of H-pyrrole nitrogens is 1. The molecule has 180 valence electrons. The summed E-state index contributed by atoms with van der Waals surface area (Å²) < 4.78 is 5.83. The number of rotatable bonds is 7. The Morgan fingerprint density at radius 3 is 2.47 bits per heavy atom. The summed E-state index contributed by atoms with van der Waals surface area (Å²) in [5.41, 5.74) is 10.2. The van der Waals surface area contributed by atoms with Crippen molar-refractivity contribution in [2.75, 3.05) is 10.6 Å². The lowest BCUT2D eigenvalue weighted by atomic mass is 9.89. The van der Waals surface area contributed by atoms with Crippen LogP contribution in [0.25, 0.3) is 0 Å². The van der Waals surface area contributed by atoms with Crippen molar-refractivity contribution in [1.29, 1.82) is 0 Å². The summed E-state index contributed by atoms with van der Waals surface area (Å²) >= 11 is 0. The largest absolute Gasteiger partial charge is 0.507 e. The van der Waals surface area contributed by atoms with Gasteiger partial charge in [-0.25, -0.2) is 0 Å². The predicted octanol–water partition coefficient (Wildman–Crippen LogP) is 4.25. The number of nitrogens with two attached hydrogens (primary N) is 1. The highest BCUT2D eigenvalue weighted by Gasteiger charge is 2.26. The second-order valence-electron chi connectivity index (χ2n) is 9.14. The van der Waals surface area contributed by atoms with Gasteiger partial charge in [0.2, 0.25) is 0 Å². The molecule has 6 N–H and O–H groups in total. The highest BCUT2D eigenvalue weighted by Crippen LogP contribution is 2.33. The summed E-state index contributed by atoms with van der Waals surface area (Å²) in [4.78, 5) is 16.8. The van der Waals surface area contributed by atoms with Crippen LogP contribution in [0.5, 0.6) is 5.75 Å². The lowest BCUT2D eigenvalue weighted by molar-refractivity contribution is -0.0385. The van der Waals surface area contributed by atoms with Gasteiger partial charge in [0.15, 0.2) is 5.82 Å². The molecular weight excluding hydrogens is 432 g/mol.